The Kier molecular flexibility index (Phi) is 8.56. The summed E-state index contributed by atoms with van der Waals surface area (Å²) in [4.78, 5) is 15.4. The second-order valence-electron chi connectivity index (χ2n) is 7.05. The van der Waals surface area contributed by atoms with Gasteiger partial charge in [0.1, 0.15) is 12.0 Å². The molecular formula is C24H29NO2S2. The van der Waals surface area contributed by atoms with Crippen LogP contribution in [0.25, 0.3) is 0 Å². The SMILES string of the molecule is CCCCC1CSc2cc(O/C=C/C=O)c(SCC)cc2N(c2ccccc2)C1. The molecule has 3 nitrogen and oxygen atoms in total. The highest BCUT2D eigenvalue weighted by Gasteiger charge is 2.25. The standard InChI is InChI=1S/C24H29NO2S2/c1-3-5-10-19-17-25(20-11-7-6-8-12-20)21-15-24(28-4-2)22(27-14-9-13-26)16-23(21)29-18-19/h6-9,11-16,19H,3-5,10,17-18H2,1-2H3/b14-9+. The molecule has 2 aromatic rings. The molecule has 5 heteroatoms. The molecule has 1 unspecified atom stereocenters. The molecule has 1 aliphatic rings. The van der Waals surface area contributed by atoms with Crippen LogP contribution in [0.4, 0.5) is 11.4 Å². The molecule has 0 aromatic heterocycles. The minimum absolute atomic E-state index is 0.647. The minimum atomic E-state index is 0.647. The van der Waals surface area contributed by atoms with Crippen molar-refractivity contribution in [1.29, 1.82) is 0 Å². The number of unbranched alkanes of at least 4 members (excludes halogenated alkanes) is 1. The molecule has 0 radical (unpaired) electrons. The molecule has 3 rings (SSSR count). The summed E-state index contributed by atoms with van der Waals surface area (Å²) in [6, 6.07) is 15.1. The molecule has 0 saturated heterocycles. The van der Waals surface area contributed by atoms with Gasteiger partial charge in [0.2, 0.25) is 0 Å². The van der Waals surface area contributed by atoms with Gasteiger partial charge in [0, 0.05) is 29.0 Å². The van der Waals surface area contributed by atoms with Crippen molar-refractivity contribution in [3.8, 4) is 5.75 Å². The maximum absolute atomic E-state index is 10.6. The van der Waals surface area contributed by atoms with Gasteiger partial charge < -0.3 is 9.64 Å². The van der Waals surface area contributed by atoms with Crippen LogP contribution in [-0.2, 0) is 4.79 Å². The average molecular weight is 428 g/mol. The number of hydrogen-bond acceptors (Lipinski definition) is 5. The Balaban J connectivity index is 2.02. The topological polar surface area (TPSA) is 29.5 Å². The van der Waals surface area contributed by atoms with E-state index >= 15 is 0 Å². The van der Waals surface area contributed by atoms with Gasteiger partial charge in [-0.15, -0.1) is 23.5 Å². The molecular weight excluding hydrogens is 398 g/mol. The lowest BCUT2D eigenvalue weighted by molar-refractivity contribution is -0.104. The van der Waals surface area contributed by atoms with Crippen LogP contribution in [0.15, 0.2) is 64.6 Å². The number of carbonyl (C=O) groups is 1. The summed E-state index contributed by atoms with van der Waals surface area (Å²) in [6.45, 7) is 5.44. The number of allylic oxidation sites excluding steroid dienone is 1. The first kappa shape index (κ1) is 21.8. The van der Waals surface area contributed by atoms with E-state index in [1.165, 1.54) is 47.9 Å². The number of fused-ring (bicyclic) bond motifs is 1. The molecule has 0 spiro atoms. The number of thioether (sulfide) groups is 2. The van der Waals surface area contributed by atoms with Gasteiger partial charge >= 0.3 is 0 Å². The van der Waals surface area contributed by atoms with Gasteiger partial charge in [-0.05, 0) is 42.4 Å². The van der Waals surface area contributed by atoms with E-state index in [4.69, 9.17) is 4.74 Å². The Morgan fingerprint density at radius 1 is 1.24 bits per heavy atom. The molecule has 0 N–H and O–H groups in total. The minimum Gasteiger partial charge on any atom is -0.464 e. The van der Waals surface area contributed by atoms with Gasteiger partial charge in [0.25, 0.3) is 0 Å². The molecule has 0 saturated carbocycles. The molecule has 0 bridgehead atoms. The largest absolute Gasteiger partial charge is 0.464 e. The number of benzene rings is 2. The predicted octanol–water partition coefficient (Wildman–Crippen LogP) is 6.94. The zero-order chi connectivity index (χ0) is 20.5. The van der Waals surface area contributed by atoms with Crippen molar-refractivity contribution in [3.63, 3.8) is 0 Å². The lowest BCUT2D eigenvalue weighted by Crippen LogP contribution is -2.25. The second kappa shape index (κ2) is 11.4. The predicted molar refractivity (Wildman–Crippen MR) is 126 cm³/mol. The summed E-state index contributed by atoms with van der Waals surface area (Å²) < 4.78 is 5.81. The number of ether oxygens (including phenoxy) is 1. The van der Waals surface area contributed by atoms with Gasteiger partial charge in [-0.25, -0.2) is 0 Å². The zero-order valence-corrected chi connectivity index (χ0v) is 18.8. The Hall–Kier alpha value is -1.85. The highest BCUT2D eigenvalue weighted by atomic mass is 32.2. The summed E-state index contributed by atoms with van der Waals surface area (Å²) in [6.07, 6.45) is 7.35. The number of hydrogen-bond donors (Lipinski definition) is 0. The first-order chi connectivity index (χ1) is 14.3. The lowest BCUT2D eigenvalue weighted by Gasteiger charge is -2.28. The number of anilines is 2. The van der Waals surface area contributed by atoms with Crippen LogP contribution in [0.3, 0.4) is 0 Å². The Labute approximate surface area is 182 Å². The first-order valence-corrected chi connectivity index (χ1v) is 12.3. The van der Waals surface area contributed by atoms with Gasteiger partial charge in [-0.2, -0.15) is 0 Å². The van der Waals surface area contributed by atoms with Gasteiger partial charge in [-0.3, -0.25) is 4.79 Å². The van der Waals surface area contributed by atoms with Crippen LogP contribution in [0, 0.1) is 5.92 Å². The summed E-state index contributed by atoms with van der Waals surface area (Å²) >= 11 is 3.69. The number of carbonyl (C=O) groups excluding carboxylic acids is 1. The second-order valence-corrected chi connectivity index (χ2v) is 9.42. The third-order valence-corrected chi connectivity index (χ3v) is 7.11. The maximum atomic E-state index is 10.6. The Morgan fingerprint density at radius 2 is 2.07 bits per heavy atom. The fourth-order valence-electron chi connectivity index (χ4n) is 3.50. The van der Waals surface area contributed by atoms with Crippen molar-refractivity contribution in [1.82, 2.24) is 0 Å². The van der Waals surface area contributed by atoms with E-state index in [9.17, 15) is 4.79 Å². The van der Waals surface area contributed by atoms with E-state index in [2.05, 4.69) is 61.2 Å². The molecule has 0 fully saturated rings. The molecule has 154 valence electrons. The zero-order valence-electron chi connectivity index (χ0n) is 17.2. The summed E-state index contributed by atoms with van der Waals surface area (Å²) in [5.74, 6) is 3.54. The van der Waals surface area contributed by atoms with E-state index in [1.807, 2.05) is 11.8 Å². The normalized spacial score (nSPS) is 16.5. The number of rotatable bonds is 9. The van der Waals surface area contributed by atoms with Crippen LogP contribution in [-0.4, -0.2) is 24.3 Å². The first-order valence-electron chi connectivity index (χ1n) is 10.3. The molecule has 1 aliphatic heterocycles. The summed E-state index contributed by atoms with van der Waals surface area (Å²) in [5, 5.41) is 0. The highest BCUT2D eigenvalue weighted by molar-refractivity contribution is 7.99. The number of aldehydes is 1. The van der Waals surface area contributed by atoms with Crippen molar-refractivity contribution < 1.29 is 9.53 Å². The Bertz CT molecular complexity index is 823. The van der Waals surface area contributed by atoms with E-state index in [1.54, 1.807) is 11.8 Å². The van der Waals surface area contributed by atoms with Crippen LogP contribution >= 0.6 is 23.5 Å². The highest BCUT2D eigenvalue weighted by Crippen LogP contribution is 2.45. The molecule has 0 aliphatic carbocycles. The van der Waals surface area contributed by atoms with Crippen molar-refractivity contribution >= 4 is 41.2 Å². The maximum Gasteiger partial charge on any atom is 0.145 e. The molecule has 1 atom stereocenters. The smallest absolute Gasteiger partial charge is 0.145 e. The molecule has 2 aromatic carbocycles. The fraction of sp³-hybridized carbons (Fsp3) is 0.375. The third kappa shape index (κ3) is 5.83. The van der Waals surface area contributed by atoms with Crippen LogP contribution in [0.2, 0.25) is 0 Å². The van der Waals surface area contributed by atoms with E-state index in [0.717, 1.165) is 35.0 Å². The average Bonchev–Trinajstić information content (AvgIpc) is 2.92. The van der Waals surface area contributed by atoms with Gasteiger partial charge in [0.05, 0.1) is 16.8 Å². The van der Waals surface area contributed by atoms with E-state index < -0.39 is 0 Å². The Morgan fingerprint density at radius 3 is 2.79 bits per heavy atom. The number of nitrogens with zero attached hydrogens (tertiary/aromatic N) is 1. The van der Waals surface area contributed by atoms with E-state index in [0.29, 0.717) is 5.92 Å². The van der Waals surface area contributed by atoms with Crippen LogP contribution < -0.4 is 9.64 Å². The van der Waals surface area contributed by atoms with E-state index in [-0.39, 0.29) is 0 Å². The molecule has 1 heterocycles. The van der Waals surface area contributed by atoms with Crippen molar-refractivity contribution in [2.75, 3.05) is 23.0 Å². The van der Waals surface area contributed by atoms with Crippen LogP contribution in [0.1, 0.15) is 33.1 Å². The summed E-state index contributed by atoms with van der Waals surface area (Å²) in [5.41, 5.74) is 2.49. The molecule has 0 amide bonds. The number of para-hydroxylation sites is 1. The lowest BCUT2D eigenvalue weighted by atomic mass is 10.0. The fourth-order valence-corrected chi connectivity index (χ4v) is 5.45. The van der Waals surface area contributed by atoms with Crippen molar-refractivity contribution in [2.24, 2.45) is 5.92 Å². The van der Waals surface area contributed by atoms with Gasteiger partial charge in [-0.1, -0.05) is 44.9 Å². The monoisotopic (exact) mass is 427 g/mol. The van der Waals surface area contributed by atoms with Crippen molar-refractivity contribution in [3.05, 3.63) is 54.8 Å². The van der Waals surface area contributed by atoms with Crippen LogP contribution in [0.5, 0.6) is 5.75 Å². The molecule has 29 heavy (non-hydrogen) atoms. The van der Waals surface area contributed by atoms with Crippen molar-refractivity contribution in [2.45, 2.75) is 42.9 Å². The summed E-state index contributed by atoms with van der Waals surface area (Å²) in [7, 11) is 0. The third-order valence-electron chi connectivity index (χ3n) is 4.92. The van der Waals surface area contributed by atoms with Gasteiger partial charge in [0.15, 0.2) is 0 Å². The quantitative estimate of drug-likeness (QED) is 0.187.